The Morgan fingerprint density at radius 2 is 2.00 bits per heavy atom. The number of anilines is 1. The van der Waals surface area contributed by atoms with Crippen molar-refractivity contribution in [2.24, 2.45) is 0 Å². The third-order valence-electron chi connectivity index (χ3n) is 2.67. The van der Waals surface area contributed by atoms with Crippen LogP contribution in [0.15, 0.2) is 18.2 Å². The number of ether oxygens (including phenoxy) is 2. The van der Waals surface area contributed by atoms with E-state index >= 15 is 0 Å². The van der Waals surface area contributed by atoms with Crippen molar-refractivity contribution < 1.29 is 19.4 Å². The number of unbranched alkanes of at least 4 members (excludes halogenated alkanes) is 1. The van der Waals surface area contributed by atoms with Crippen LogP contribution in [0.2, 0.25) is 0 Å². The van der Waals surface area contributed by atoms with Gasteiger partial charge >= 0.3 is 5.97 Å². The minimum absolute atomic E-state index is 0.120. The molecular formula is C14H21NO4. The van der Waals surface area contributed by atoms with Crippen LogP contribution >= 0.6 is 0 Å². The van der Waals surface area contributed by atoms with E-state index in [-0.39, 0.29) is 17.9 Å². The van der Waals surface area contributed by atoms with Gasteiger partial charge in [-0.25, -0.2) is 4.79 Å². The summed E-state index contributed by atoms with van der Waals surface area (Å²) in [6.45, 7) is 4.03. The van der Waals surface area contributed by atoms with Crippen molar-refractivity contribution in [3.8, 4) is 0 Å². The van der Waals surface area contributed by atoms with Gasteiger partial charge in [0.15, 0.2) is 0 Å². The van der Waals surface area contributed by atoms with Crippen molar-refractivity contribution in [3.05, 3.63) is 29.3 Å². The van der Waals surface area contributed by atoms with Crippen LogP contribution in [0.5, 0.6) is 0 Å². The summed E-state index contributed by atoms with van der Waals surface area (Å²) in [6, 6.07) is 5.00. The highest BCUT2D eigenvalue weighted by atomic mass is 16.5. The SMILES string of the molecule is CCCCOCCOCc1cccc(N)c1C(=O)O. The predicted octanol–water partition coefficient (Wildman–Crippen LogP) is 2.30. The zero-order chi connectivity index (χ0) is 14.1. The van der Waals surface area contributed by atoms with Crippen molar-refractivity contribution in [2.75, 3.05) is 25.6 Å². The Bertz CT molecular complexity index is 406. The van der Waals surface area contributed by atoms with Crippen molar-refractivity contribution in [1.82, 2.24) is 0 Å². The molecule has 0 fully saturated rings. The highest BCUT2D eigenvalue weighted by molar-refractivity contribution is 5.95. The van der Waals surface area contributed by atoms with Gasteiger partial charge in [0.25, 0.3) is 0 Å². The molecule has 0 saturated carbocycles. The zero-order valence-corrected chi connectivity index (χ0v) is 11.2. The first-order valence-electron chi connectivity index (χ1n) is 6.43. The first-order chi connectivity index (χ1) is 9.16. The minimum atomic E-state index is -1.03. The number of aromatic carboxylic acids is 1. The first kappa shape index (κ1) is 15.5. The summed E-state index contributed by atoms with van der Waals surface area (Å²) < 4.78 is 10.7. The van der Waals surface area contributed by atoms with Gasteiger partial charge in [-0.3, -0.25) is 0 Å². The highest BCUT2D eigenvalue weighted by Crippen LogP contribution is 2.17. The Morgan fingerprint density at radius 3 is 2.68 bits per heavy atom. The second kappa shape index (κ2) is 8.50. The normalized spacial score (nSPS) is 10.6. The van der Waals surface area contributed by atoms with Crippen LogP contribution in [0.3, 0.4) is 0 Å². The molecule has 19 heavy (non-hydrogen) atoms. The molecule has 0 aliphatic carbocycles. The third kappa shape index (κ3) is 5.28. The van der Waals surface area contributed by atoms with Gasteiger partial charge in [0.2, 0.25) is 0 Å². The molecule has 5 heteroatoms. The number of hydrogen-bond donors (Lipinski definition) is 2. The van der Waals surface area contributed by atoms with Gasteiger partial charge in [-0.2, -0.15) is 0 Å². The molecule has 1 rings (SSSR count). The van der Waals surface area contributed by atoms with Gasteiger partial charge in [0.1, 0.15) is 0 Å². The fraction of sp³-hybridized carbons (Fsp3) is 0.500. The molecule has 0 atom stereocenters. The number of nitrogens with two attached hydrogens (primary N) is 1. The lowest BCUT2D eigenvalue weighted by molar-refractivity contribution is 0.0390. The third-order valence-corrected chi connectivity index (χ3v) is 2.67. The molecule has 1 aromatic carbocycles. The smallest absolute Gasteiger partial charge is 0.338 e. The van der Waals surface area contributed by atoms with Gasteiger partial charge in [-0.1, -0.05) is 25.5 Å². The largest absolute Gasteiger partial charge is 0.478 e. The lowest BCUT2D eigenvalue weighted by atomic mass is 10.1. The first-order valence-corrected chi connectivity index (χ1v) is 6.43. The van der Waals surface area contributed by atoms with Crippen LogP contribution in [0.4, 0.5) is 5.69 Å². The molecule has 0 unspecified atom stereocenters. The number of carboxylic acid groups (broad SMARTS) is 1. The van der Waals surface area contributed by atoms with E-state index in [1.165, 1.54) is 0 Å². The van der Waals surface area contributed by atoms with Crippen molar-refractivity contribution in [3.63, 3.8) is 0 Å². The molecule has 0 heterocycles. The maximum Gasteiger partial charge on any atom is 0.338 e. The van der Waals surface area contributed by atoms with E-state index < -0.39 is 5.97 Å². The van der Waals surface area contributed by atoms with E-state index in [0.717, 1.165) is 19.4 Å². The predicted molar refractivity (Wildman–Crippen MR) is 73.2 cm³/mol. The van der Waals surface area contributed by atoms with Gasteiger partial charge in [-0.15, -0.1) is 0 Å². The van der Waals surface area contributed by atoms with Crippen LogP contribution in [-0.2, 0) is 16.1 Å². The molecular weight excluding hydrogens is 246 g/mol. The van der Waals surface area contributed by atoms with Crippen LogP contribution in [0, 0.1) is 0 Å². The summed E-state index contributed by atoms with van der Waals surface area (Å²) in [7, 11) is 0. The fourth-order valence-electron chi connectivity index (χ4n) is 1.65. The molecule has 0 aliphatic rings. The minimum Gasteiger partial charge on any atom is -0.478 e. The molecule has 0 saturated heterocycles. The topological polar surface area (TPSA) is 81.8 Å². The molecule has 0 radical (unpaired) electrons. The Morgan fingerprint density at radius 1 is 1.26 bits per heavy atom. The number of benzene rings is 1. The molecule has 0 bridgehead atoms. The quantitative estimate of drug-likeness (QED) is 0.530. The van der Waals surface area contributed by atoms with Crippen molar-refractivity contribution >= 4 is 11.7 Å². The zero-order valence-electron chi connectivity index (χ0n) is 11.2. The number of carbonyl (C=O) groups is 1. The fourth-order valence-corrected chi connectivity index (χ4v) is 1.65. The standard InChI is InChI=1S/C14H21NO4/c1-2-3-7-18-8-9-19-10-11-5-4-6-12(15)13(11)14(16)17/h4-6H,2-3,7-10,15H2,1H3,(H,16,17). The Kier molecular flexibility index (Phi) is 6.92. The molecule has 106 valence electrons. The summed E-state index contributed by atoms with van der Waals surface area (Å²) in [5.74, 6) is -1.03. The van der Waals surface area contributed by atoms with Crippen molar-refractivity contribution in [2.45, 2.75) is 26.4 Å². The second-order valence-electron chi connectivity index (χ2n) is 4.21. The lowest BCUT2D eigenvalue weighted by Gasteiger charge is -2.09. The van der Waals surface area contributed by atoms with Crippen LogP contribution in [-0.4, -0.2) is 30.9 Å². The Hall–Kier alpha value is -1.59. The van der Waals surface area contributed by atoms with Gasteiger partial charge in [0, 0.05) is 12.3 Å². The molecule has 0 aromatic heterocycles. The number of carboxylic acids is 1. The summed E-state index contributed by atoms with van der Waals surface area (Å²) in [6.07, 6.45) is 2.14. The van der Waals surface area contributed by atoms with E-state index in [2.05, 4.69) is 6.92 Å². The van der Waals surface area contributed by atoms with Crippen molar-refractivity contribution in [1.29, 1.82) is 0 Å². The summed E-state index contributed by atoms with van der Waals surface area (Å²) >= 11 is 0. The molecule has 0 aliphatic heterocycles. The van der Waals surface area contributed by atoms with Gasteiger partial charge in [0.05, 0.1) is 25.4 Å². The maximum absolute atomic E-state index is 11.1. The monoisotopic (exact) mass is 267 g/mol. The lowest BCUT2D eigenvalue weighted by Crippen LogP contribution is -2.10. The number of nitrogen functional groups attached to an aromatic ring is 1. The molecule has 0 amide bonds. The maximum atomic E-state index is 11.1. The van der Waals surface area contributed by atoms with E-state index in [4.69, 9.17) is 20.3 Å². The van der Waals surface area contributed by atoms with Crippen LogP contribution in [0.1, 0.15) is 35.7 Å². The van der Waals surface area contributed by atoms with Gasteiger partial charge < -0.3 is 20.3 Å². The Balaban J connectivity index is 2.37. The molecule has 1 aromatic rings. The van der Waals surface area contributed by atoms with Gasteiger partial charge in [-0.05, 0) is 18.1 Å². The second-order valence-corrected chi connectivity index (χ2v) is 4.21. The van der Waals surface area contributed by atoms with Crippen LogP contribution in [0.25, 0.3) is 0 Å². The average molecular weight is 267 g/mol. The summed E-state index contributed by atoms with van der Waals surface area (Å²) in [4.78, 5) is 11.1. The molecule has 3 N–H and O–H groups in total. The number of rotatable bonds is 9. The number of hydrogen-bond acceptors (Lipinski definition) is 4. The highest BCUT2D eigenvalue weighted by Gasteiger charge is 2.13. The van der Waals surface area contributed by atoms with Crippen LogP contribution < -0.4 is 5.73 Å². The molecule has 5 nitrogen and oxygen atoms in total. The summed E-state index contributed by atoms with van der Waals surface area (Å²) in [5.41, 5.74) is 6.61. The summed E-state index contributed by atoms with van der Waals surface area (Å²) in [5, 5.41) is 9.09. The Labute approximate surface area is 113 Å². The average Bonchev–Trinajstić information content (AvgIpc) is 2.37. The van der Waals surface area contributed by atoms with E-state index in [0.29, 0.717) is 18.8 Å². The molecule has 0 spiro atoms. The van der Waals surface area contributed by atoms with E-state index in [1.54, 1.807) is 18.2 Å². The van der Waals surface area contributed by atoms with E-state index in [1.807, 2.05) is 0 Å². The van der Waals surface area contributed by atoms with E-state index in [9.17, 15) is 4.79 Å².